The largest absolute Gasteiger partial charge is 0.458 e. The first-order valence-corrected chi connectivity index (χ1v) is 23.9. The third kappa shape index (κ3) is 6.83. The van der Waals surface area contributed by atoms with Gasteiger partial charge < -0.3 is 4.74 Å². The molecule has 1 aliphatic rings. The summed E-state index contributed by atoms with van der Waals surface area (Å²) < 4.78 is 109. The Morgan fingerprint density at radius 3 is 2.08 bits per heavy atom. The molecule has 7 aromatic carbocycles. The van der Waals surface area contributed by atoms with E-state index in [1.54, 1.807) is 27.3 Å². The van der Waals surface area contributed by atoms with Gasteiger partial charge in [0, 0.05) is 32.5 Å². The average Bonchev–Trinajstić information content (AvgIpc) is 3.93. The highest BCUT2D eigenvalue weighted by atomic mass is 28.3. The summed E-state index contributed by atoms with van der Waals surface area (Å²) in [6, 6.07) is 34.9. The molecule has 0 aliphatic carbocycles. The summed E-state index contributed by atoms with van der Waals surface area (Å²) in [7, 11) is -1.30. The van der Waals surface area contributed by atoms with Crippen molar-refractivity contribution in [3.63, 3.8) is 0 Å². The molecule has 1 aliphatic heterocycles. The SMILES string of the molecule is [2H]c1c([2H])c([2H])c(-c2cccc(-c3c([2H])c([2H])c([2H])c([2H])c3[2H])c2-[n+]2[c-]n(-c3cccc(Oc4ccc5c6ccccc6n(-c6cc(C7([2H])CC[Si](C)(C)CC7)ccn6)c5c4)c3)c3ccccc32)c([2H])c1[2H]. The van der Waals surface area contributed by atoms with Crippen molar-refractivity contribution in [3.05, 3.63) is 200 Å². The first kappa shape index (κ1) is 26.9. The molecule has 0 atom stereocenters. The predicted octanol–water partition coefficient (Wildman–Crippen LogP) is 13.9. The second kappa shape index (κ2) is 15.2. The number of hydrogen-bond donors (Lipinski definition) is 0. The number of rotatable bonds is 8. The van der Waals surface area contributed by atoms with Crippen LogP contribution < -0.4 is 9.30 Å². The van der Waals surface area contributed by atoms with Crippen LogP contribution >= 0.6 is 0 Å². The van der Waals surface area contributed by atoms with Crippen LogP contribution in [0.25, 0.3) is 72.3 Å². The second-order valence-electron chi connectivity index (χ2n) is 16.3. The smallest absolute Gasteiger partial charge is 0.269 e. The molecule has 5 nitrogen and oxygen atoms in total. The van der Waals surface area contributed by atoms with Crippen LogP contribution in [0, 0.1) is 6.33 Å². The third-order valence-corrected chi connectivity index (χ3v) is 15.1. The molecular weight excluding hydrogens is 761 g/mol. The molecular formula is C55H46N4OSi. The Labute approximate surface area is 373 Å². The molecule has 0 spiro atoms. The molecule has 3 aromatic heterocycles. The van der Waals surface area contributed by atoms with E-state index in [4.69, 9.17) is 23.4 Å². The lowest BCUT2D eigenvalue weighted by Gasteiger charge is -2.33. The molecule has 61 heavy (non-hydrogen) atoms. The van der Waals surface area contributed by atoms with Crippen LogP contribution in [0.1, 0.15) is 39.4 Å². The van der Waals surface area contributed by atoms with Crippen LogP contribution in [0.3, 0.4) is 0 Å². The van der Waals surface area contributed by atoms with Gasteiger partial charge in [0.15, 0.2) is 0 Å². The number of fused-ring (bicyclic) bond motifs is 4. The first-order valence-electron chi connectivity index (χ1n) is 26.0. The summed E-state index contributed by atoms with van der Waals surface area (Å²) in [6.45, 7) is 4.84. The highest BCUT2D eigenvalue weighted by Crippen LogP contribution is 2.40. The van der Waals surface area contributed by atoms with Gasteiger partial charge in [0.25, 0.3) is 6.33 Å². The lowest BCUT2D eigenvalue weighted by atomic mass is 9.94. The summed E-state index contributed by atoms with van der Waals surface area (Å²) in [5.74, 6) is 1.15. The molecule has 0 N–H and O–H groups in total. The molecule has 6 heteroatoms. The summed E-state index contributed by atoms with van der Waals surface area (Å²) >= 11 is 0. The Morgan fingerprint density at radius 1 is 0.672 bits per heavy atom. The number of imidazole rings is 1. The molecule has 0 unspecified atom stereocenters. The van der Waals surface area contributed by atoms with Crippen LogP contribution in [0.15, 0.2) is 188 Å². The maximum absolute atomic E-state index is 9.57. The van der Waals surface area contributed by atoms with Gasteiger partial charge in [-0.05, 0) is 95.1 Å². The van der Waals surface area contributed by atoms with Crippen molar-refractivity contribution in [2.24, 2.45) is 0 Å². The number of para-hydroxylation sites is 4. The fraction of sp³-hybridized carbons (Fsp3) is 0.127. The maximum atomic E-state index is 9.57. The van der Waals surface area contributed by atoms with Crippen molar-refractivity contribution < 1.29 is 24.4 Å². The predicted molar refractivity (Wildman–Crippen MR) is 252 cm³/mol. The zero-order chi connectivity index (χ0) is 50.5. The van der Waals surface area contributed by atoms with Gasteiger partial charge in [-0.25, -0.2) is 4.98 Å². The van der Waals surface area contributed by atoms with Gasteiger partial charge >= 0.3 is 0 Å². The molecule has 4 heterocycles. The molecule has 1 saturated heterocycles. The van der Waals surface area contributed by atoms with Crippen molar-refractivity contribution in [2.75, 3.05) is 0 Å². The van der Waals surface area contributed by atoms with Crippen molar-refractivity contribution in [2.45, 2.75) is 43.9 Å². The van der Waals surface area contributed by atoms with Gasteiger partial charge in [-0.15, -0.1) is 0 Å². The molecule has 10 aromatic rings. The maximum Gasteiger partial charge on any atom is 0.269 e. The molecule has 0 radical (unpaired) electrons. The number of ether oxygens (including phenoxy) is 1. The topological polar surface area (TPSA) is 35.9 Å². The zero-order valence-electron chi connectivity index (χ0n) is 44.6. The van der Waals surface area contributed by atoms with E-state index in [1.807, 2.05) is 91.1 Å². The quantitative estimate of drug-likeness (QED) is 0.0870. The fourth-order valence-electron chi connectivity index (χ4n) is 8.74. The minimum atomic E-state index is -1.30. The summed E-state index contributed by atoms with van der Waals surface area (Å²) in [4.78, 5) is 4.88. The lowest BCUT2D eigenvalue weighted by Crippen LogP contribution is -2.31. The van der Waals surface area contributed by atoms with E-state index in [9.17, 15) is 1.37 Å². The number of nitrogens with zero attached hydrogens (tertiary/aromatic N) is 4. The van der Waals surface area contributed by atoms with E-state index in [0.717, 1.165) is 58.1 Å². The number of aromatic nitrogens is 4. The van der Waals surface area contributed by atoms with E-state index in [2.05, 4.69) is 42.2 Å². The molecule has 0 amide bonds. The van der Waals surface area contributed by atoms with Gasteiger partial charge in [0.2, 0.25) is 0 Å². The molecule has 1 fully saturated rings. The monoisotopic (exact) mass is 817 g/mol. The number of hydrogen-bond acceptors (Lipinski definition) is 2. The van der Waals surface area contributed by atoms with Crippen LogP contribution in [-0.2, 0) is 0 Å². The van der Waals surface area contributed by atoms with Crippen molar-refractivity contribution in [1.82, 2.24) is 14.1 Å². The van der Waals surface area contributed by atoms with E-state index < -0.39 is 74.4 Å². The van der Waals surface area contributed by atoms with Gasteiger partial charge in [-0.2, -0.15) is 0 Å². The fourth-order valence-corrected chi connectivity index (χ4v) is 10.9. The van der Waals surface area contributed by atoms with Crippen LogP contribution in [0.2, 0.25) is 25.2 Å². The molecule has 296 valence electrons. The van der Waals surface area contributed by atoms with Crippen LogP contribution in [-0.4, -0.2) is 22.2 Å². The van der Waals surface area contributed by atoms with Gasteiger partial charge in [0.05, 0.1) is 47.1 Å². The summed E-state index contributed by atoms with van der Waals surface area (Å²) in [6.07, 6.45) is 6.95. The van der Waals surface area contributed by atoms with Crippen molar-refractivity contribution in [3.8, 4) is 50.9 Å². The Hall–Kier alpha value is -7.02. The molecule has 11 rings (SSSR count). The highest BCUT2D eigenvalue weighted by molar-refractivity contribution is 6.77. The summed E-state index contributed by atoms with van der Waals surface area (Å²) in [5, 5.41) is 2.08. The molecule has 0 bridgehead atoms. The zero-order valence-corrected chi connectivity index (χ0v) is 34.6. The van der Waals surface area contributed by atoms with E-state index in [0.29, 0.717) is 28.2 Å². The third-order valence-electron chi connectivity index (χ3n) is 11.9. The normalized spacial score (nSPS) is 17.2. The van der Waals surface area contributed by atoms with E-state index in [-0.39, 0.29) is 27.9 Å². The average molecular weight is 818 g/mol. The standard InChI is InChI=1S/C55H46N4OSi/c1-61(2)33-30-39(31-34-61)42-29-32-56-54(35-42)59-50-24-10-9-21-48(50)49-28-27-45(37-53(49)59)60-44-20-13-19-43(36-44)57-38-58(52-26-12-11-25-51(52)57)55-46(40-15-5-3-6-16-40)22-14-23-47(55)41-17-7-4-8-18-41/h3-29,32,35-37,39H,30-31,33-34H2,1-2H3/i3D,4D,5D,6D,7D,8D,15D,16D,17D,18D,39D. The van der Waals surface area contributed by atoms with Gasteiger partial charge in [0.1, 0.15) is 17.3 Å². The van der Waals surface area contributed by atoms with Crippen molar-refractivity contribution >= 4 is 40.9 Å². The molecule has 0 saturated carbocycles. The minimum absolute atomic E-state index is 0.132. The highest BCUT2D eigenvalue weighted by Gasteiger charge is 2.29. The Balaban J connectivity index is 1.04. The second-order valence-corrected chi connectivity index (χ2v) is 21.6. The minimum Gasteiger partial charge on any atom is -0.458 e. The lowest BCUT2D eigenvalue weighted by molar-refractivity contribution is -0.571. The Morgan fingerprint density at radius 2 is 1.33 bits per heavy atom. The Bertz CT molecular complexity index is 3730. The van der Waals surface area contributed by atoms with E-state index >= 15 is 0 Å². The van der Waals surface area contributed by atoms with Crippen LogP contribution in [0.4, 0.5) is 0 Å². The van der Waals surface area contributed by atoms with E-state index in [1.165, 1.54) is 0 Å². The Kier molecular flexibility index (Phi) is 6.72. The van der Waals surface area contributed by atoms with Crippen LogP contribution in [0.5, 0.6) is 11.5 Å². The van der Waals surface area contributed by atoms with Gasteiger partial charge in [-0.3, -0.25) is 13.7 Å². The number of pyridine rings is 1. The van der Waals surface area contributed by atoms with Crippen molar-refractivity contribution in [1.29, 1.82) is 0 Å². The first-order chi connectivity index (χ1) is 34.5. The van der Waals surface area contributed by atoms with Gasteiger partial charge in [-0.1, -0.05) is 152 Å². The number of benzene rings is 7. The summed E-state index contributed by atoms with van der Waals surface area (Å²) in [5.41, 5.74) is 4.92.